The number of hydrogen-bond donors (Lipinski definition) is 1. The van der Waals surface area contributed by atoms with Gasteiger partial charge in [-0.2, -0.15) is 4.98 Å². The second kappa shape index (κ2) is 6.59. The predicted molar refractivity (Wildman–Crippen MR) is 74.1 cm³/mol. The summed E-state index contributed by atoms with van der Waals surface area (Å²) in [6.07, 6.45) is 2.61. The first-order chi connectivity index (χ1) is 8.78. The minimum atomic E-state index is 0.657. The Bertz CT molecular complexity index is 370. The van der Waals surface area contributed by atoms with Crippen molar-refractivity contribution in [2.75, 3.05) is 38.6 Å². The number of likely N-dealkylation sites (tertiary alicyclic amines) is 1. The number of anilines is 1. The van der Waals surface area contributed by atoms with E-state index in [1.54, 1.807) is 0 Å². The summed E-state index contributed by atoms with van der Waals surface area (Å²) >= 11 is 0. The highest BCUT2D eigenvalue weighted by molar-refractivity contribution is 5.37. The third-order valence-corrected chi connectivity index (χ3v) is 3.31. The van der Waals surface area contributed by atoms with Crippen LogP contribution in [0, 0.1) is 5.92 Å². The molecule has 100 valence electrons. The van der Waals surface area contributed by atoms with Gasteiger partial charge < -0.3 is 15.0 Å². The smallest absolute Gasteiger partial charge is 0.215 e. The Morgan fingerprint density at radius 3 is 3.17 bits per heavy atom. The monoisotopic (exact) mass is 249 g/mol. The molecule has 0 aromatic carbocycles. The molecule has 1 fully saturated rings. The number of hydrogen-bond acceptors (Lipinski definition) is 4. The van der Waals surface area contributed by atoms with Crippen LogP contribution < -0.4 is 10.1 Å². The molecule has 1 N–H and O–H groups in total. The van der Waals surface area contributed by atoms with Crippen LogP contribution in [0.1, 0.15) is 19.8 Å². The number of pyridine rings is 1. The average molecular weight is 249 g/mol. The van der Waals surface area contributed by atoms with E-state index in [0.29, 0.717) is 12.5 Å². The number of piperidine rings is 1. The molecule has 4 nitrogen and oxygen atoms in total. The molecule has 4 heteroatoms. The molecule has 0 saturated carbocycles. The van der Waals surface area contributed by atoms with E-state index in [-0.39, 0.29) is 0 Å². The molecule has 0 amide bonds. The van der Waals surface area contributed by atoms with Crippen molar-refractivity contribution in [3.05, 3.63) is 18.2 Å². The summed E-state index contributed by atoms with van der Waals surface area (Å²) in [5, 5.41) is 3.42. The molecule has 18 heavy (non-hydrogen) atoms. The van der Waals surface area contributed by atoms with Gasteiger partial charge in [0, 0.05) is 19.2 Å². The lowest BCUT2D eigenvalue weighted by Gasteiger charge is -2.29. The molecule has 0 aliphatic carbocycles. The molecule has 1 atom stereocenters. The zero-order chi connectivity index (χ0) is 12.8. The molecule has 0 radical (unpaired) electrons. The van der Waals surface area contributed by atoms with Crippen LogP contribution in [0.15, 0.2) is 18.2 Å². The van der Waals surface area contributed by atoms with Crippen LogP contribution in [0.4, 0.5) is 5.82 Å². The van der Waals surface area contributed by atoms with Crippen LogP contribution in [0.3, 0.4) is 0 Å². The fraction of sp³-hybridized carbons (Fsp3) is 0.643. The molecule has 1 aromatic rings. The van der Waals surface area contributed by atoms with E-state index in [1.165, 1.54) is 25.9 Å². The molecule has 1 aliphatic heterocycles. The van der Waals surface area contributed by atoms with E-state index in [0.717, 1.165) is 18.3 Å². The van der Waals surface area contributed by atoms with E-state index >= 15 is 0 Å². The van der Waals surface area contributed by atoms with Gasteiger partial charge in [0.15, 0.2) is 0 Å². The summed E-state index contributed by atoms with van der Waals surface area (Å²) in [4.78, 5) is 6.82. The zero-order valence-corrected chi connectivity index (χ0v) is 11.4. The third kappa shape index (κ3) is 3.88. The first-order valence-electron chi connectivity index (χ1n) is 6.80. The topological polar surface area (TPSA) is 37.4 Å². The quantitative estimate of drug-likeness (QED) is 0.868. The summed E-state index contributed by atoms with van der Waals surface area (Å²) in [6.45, 7) is 6.03. The summed E-state index contributed by atoms with van der Waals surface area (Å²) < 4.78 is 5.40. The minimum absolute atomic E-state index is 0.657. The largest absolute Gasteiger partial charge is 0.478 e. The Kier molecular flexibility index (Phi) is 4.81. The van der Waals surface area contributed by atoms with E-state index in [2.05, 4.69) is 22.2 Å². The first kappa shape index (κ1) is 13.1. The normalized spacial score (nSPS) is 20.7. The molecule has 1 aromatic heterocycles. The SMILES string of the molecule is CCOc1cccc(NCC2CCCN(C)C2)n1. The fourth-order valence-electron chi connectivity index (χ4n) is 2.43. The summed E-state index contributed by atoms with van der Waals surface area (Å²) in [5.41, 5.74) is 0. The van der Waals surface area contributed by atoms with E-state index in [9.17, 15) is 0 Å². The molecule has 0 bridgehead atoms. The molecular formula is C14H23N3O. The Hall–Kier alpha value is -1.29. The van der Waals surface area contributed by atoms with Crippen LogP contribution in [0.2, 0.25) is 0 Å². The molecule has 2 rings (SSSR count). The Morgan fingerprint density at radius 1 is 1.50 bits per heavy atom. The molecule has 1 saturated heterocycles. The number of nitrogens with zero attached hydrogens (tertiary/aromatic N) is 2. The van der Waals surface area contributed by atoms with Crippen LogP contribution in [-0.4, -0.2) is 43.2 Å². The van der Waals surface area contributed by atoms with E-state index < -0.39 is 0 Å². The third-order valence-electron chi connectivity index (χ3n) is 3.31. The van der Waals surface area contributed by atoms with Gasteiger partial charge in [-0.1, -0.05) is 6.07 Å². The average Bonchev–Trinajstić information content (AvgIpc) is 2.37. The molecule has 1 unspecified atom stereocenters. The Labute approximate surface area is 109 Å². The highest BCUT2D eigenvalue weighted by atomic mass is 16.5. The van der Waals surface area contributed by atoms with Crippen molar-refractivity contribution in [1.29, 1.82) is 0 Å². The number of ether oxygens (including phenoxy) is 1. The summed E-state index contributed by atoms with van der Waals surface area (Å²) in [6, 6.07) is 5.87. The second-order valence-corrected chi connectivity index (χ2v) is 4.95. The van der Waals surface area contributed by atoms with Crippen LogP contribution in [-0.2, 0) is 0 Å². The summed E-state index contributed by atoms with van der Waals surface area (Å²) in [5.74, 6) is 2.33. The van der Waals surface area contributed by atoms with Crippen molar-refractivity contribution in [1.82, 2.24) is 9.88 Å². The van der Waals surface area contributed by atoms with Gasteiger partial charge in [-0.15, -0.1) is 0 Å². The first-order valence-corrected chi connectivity index (χ1v) is 6.80. The van der Waals surface area contributed by atoms with Crippen LogP contribution >= 0.6 is 0 Å². The van der Waals surface area contributed by atoms with Gasteiger partial charge in [-0.3, -0.25) is 0 Å². The molecular weight excluding hydrogens is 226 g/mol. The predicted octanol–water partition coefficient (Wildman–Crippen LogP) is 2.23. The maximum absolute atomic E-state index is 5.40. The summed E-state index contributed by atoms with van der Waals surface area (Å²) in [7, 11) is 2.19. The maximum atomic E-state index is 5.40. The lowest BCUT2D eigenvalue weighted by molar-refractivity contribution is 0.217. The minimum Gasteiger partial charge on any atom is -0.478 e. The van der Waals surface area contributed by atoms with Gasteiger partial charge in [0.1, 0.15) is 5.82 Å². The molecule has 2 heterocycles. The number of rotatable bonds is 5. The Morgan fingerprint density at radius 2 is 2.39 bits per heavy atom. The molecule has 0 spiro atoms. The lowest BCUT2D eigenvalue weighted by Crippen LogP contribution is -2.35. The van der Waals surface area contributed by atoms with E-state index in [4.69, 9.17) is 4.74 Å². The van der Waals surface area contributed by atoms with Crippen molar-refractivity contribution in [3.63, 3.8) is 0 Å². The number of nitrogens with one attached hydrogen (secondary N) is 1. The van der Waals surface area contributed by atoms with Gasteiger partial charge in [0.2, 0.25) is 5.88 Å². The molecule has 1 aliphatic rings. The van der Waals surface area contributed by atoms with Gasteiger partial charge >= 0.3 is 0 Å². The number of aromatic nitrogens is 1. The van der Waals surface area contributed by atoms with Crippen molar-refractivity contribution in [2.24, 2.45) is 5.92 Å². The van der Waals surface area contributed by atoms with Crippen molar-refractivity contribution in [2.45, 2.75) is 19.8 Å². The van der Waals surface area contributed by atoms with Crippen molar-refractivity contribution < 1.29 is 4.74 Å². The van der Waals surface area contributed by atoms with Crippen molar-refractivity contribution >= 4 is 5.82 Å². The van der Waals surface area contributed by atoms with Crippen LogP contribution in [0.5, 0.6) is 5.88 Å². The van der Waals surface area contributed by atoms with Gasteiger partial charge in [0.05, 0.1) is 6.61 Å². The fourth-order valence-corrected chi connectivity index (χ4v) is 2.43. The van der Waals surface area contributed by atoms with Crippen LogP contribution in [0.25, 0.3) is 0 Å². The maximum Gasteiger partial charge on any atom is 0.215 e. The van der Waals surface area contributed by atoms with Gasteiger partial charge in [-0.05, 0) is 45.3 Å². The lowest BCUT2D eigenvalue weighted by atomic mass is 9.98. The Balaban J connectivity index is 1.83. The van der Waals surface area contributed by atoms with Crippen molar-refractivity contribution in [3.8, 4) is 5.88 Å². The van der Waals surface area contributed by atoms with Gasteiger partial charge in [-0.25, -0.2) is 0 Å². The second-order valence-electron chi connectivity index (χ2n) is 4.95. The standard InChI is InChI=1S/C14H23N3O/c1-3-18-14-8-4-7-13(16-14)15-10-12-6-5-9-17(2)11-12/h4,7-8,12H,3,5-6,9-11H2,1-2H3,(H,15,16). The highest BCUT2D eigenvalue weighted by Crippen LogP contribution is 2.17. The highest BCUT2D eigenvalue weighted by Gasteiger charge is 2.16. The van der Waals surface area contributed by atoms with Gasteiger partial charge in [0.25, 0.3) is 0 Å². The van der Waals surface area contributed by atoms with E-state index in [1.807, 2.05) is 25.1 Å². The zero-order valence-electron chi connectivity index (χ0n) is 11.4.